The topological polar surface area (TPSA) is 84.3 Å². The molecule has 0 unspecified atom stereocenters. The number of nitrogens with one attached hydrogen (secondary N) is 2. The number of anilines is 1. The van der Waals surface area contributed by atoms with Gasteiger partial charge < -0.3 is 10.6 Å². The predicted molar refractivity (Wildman–Crippen MR) is 102 cm³/mol. The Labute approximate surface area is 155 Å². The summed E-state index contributed by atoms with van der Waals surface area (Å²) in [5.41, 5.74) is 2.08. The lowest BCUT2D eigenvalue weighted by molar-refractivity contribution is -0.384. The van der Waals surface area contributed by atoms with Gasteiger partial charge in [-0.15, -0.1) is 0 Å². The molecule has 2 aromatic rings. The second-order valence-electron chi connectivity index (χ2n) is 5.35. The summed E-state index contributed by atoms with van der Waals surface area (Å²) in [5, 5.41) is 16.9. The largest absolute Gasteiger partial charge is 0.332 e. The molecule has 1 amide bonds. The van der Waals surface area contributed by atoms with Crippen LogP contribution in [0.15, 0.2) is 42.5 Å². The lowest BCUT2D eigenvalue weighted by Crippen LogP contribution is -2.34. The molecule has 8 heteroatoms. The number of nitrogens with zero attached hydrogens (tertiary/aromatic N) is 1. The third-order valence-corrected chi connectivity index (χ3v) is 4.09. The van der Waals surface area contributed by atoms with Crippen molar-refractivity contribution in [2.75, 3.05) is 5.32 Å². The molecule has 25 heavy (non-hydrogen) atoms. The van der Waals surface area contributed by atoms with E-state index >= 15 is 0 Å². The van der Waals surface area contributed by atoms with Gasteiger partial charge in [0, 0.05) is 29.3 Å². The molecular formula is C17H16ClN3O3S. The molecule has 2 aromatic carbocycles. The quantitative estimate of drug-likeness (QED) is 0.467. The second kappa shape index (κ2) is 8.55. The Morgan fingerprint density at radius 1 is 1.28 bits per heavy atom. The summed E-state index contributed by atoms with van der Waals surface area (Å²) >= 11 is 11.2. The fourth-order valence-corrected chi connectivity index (χ4v) is 2.60. The van der Waals surface area contributed by atoms with E-state index in [1.807, 2.05) is 18.2 Å². The van der Waals surface area contributed by atoms with E-state index < -0.39 is 4.92 Å². The maximum atomic E-state index is 12.0. The Morgan fingerprint density at radius 2 is 2.00 bits per heavy atom. The van der Waals surface area contributed by atoms with Crippen LogP contribution in [0.4, 0.5) is 11.4 Å². The van der Waals surface area contributed by atoms with Crippen LogP contribution < -0.4 is 10.6 Å². The van der Waals surface area contributed by atoms with Crippen molar-refractivity contribution in [1.29, 1.82) is 0 Å². The second-order valence-corrected chi connectivity index (χ2v) is 6.17. The first kappa shape index (κ1) is 18.8. The minimum Gasteiger partial charge on any atom is -0.332 e. The summed E-state index contributed by atoms with van der Waals surface area (Å²) in [6, 6.07) is 11.7. The Hall–Kier alpha value is -2.51. The van der Waals surface area contributed by atoms with Gasteiger partial charge in [-0.2, -0.15) is 0 Å². The molecule has 0 aliphatic carbocycles. The maximum Gasteiger partial charge on any atom is 0.271 e. The number of nitro benzene ring substituents is 1. The molecule has 0 saturated carbocycles. The average molecular weight is 378 g/mol. The molecule has 0 fully saturated rings. The monoisotopic (exact) mass is 377 g/mol. The van der Waals surface area contributed by atoms with Gasteiger partial charge in [-0.3, -0.25) is 14.9 Å². The summed E-state index contributed by atoms with van der Waals surface area (Å²) in [7, 11) is 0. The van der Waals surface area contributed by atoms with Crippen molar-refractivity contribution in [1.82, 2.24) is 5.32 Å². The molecule has 0 radical (unpaired) electrons. The number of nitro groups is 1. The minimum absolute atomic E-state index is 0.0547. The van der Waals surface area contributed by atoms with Crippen LogP contribution in [0.1, 0.15) is 17.5 Å². The maximum absolute atomic E-state index is 12.0. The van der Waals surface area contributed by atoms with Crippen LogP contribution in [0.5, 0.6) is 0 Å². The lowest BCUT2D eigenvalue weighted by Gasteiger charge is -2.11. The van der Waals surface area contributed by atoms with Gasteiger partial charge in [-0.25, -0.2) is 0 Å². The molecule has 2 N–H and O–H groups in total. The van der Waals surface area contributed by atoms with Gasteiger partial charge in [-0.05, 0) is 42.8 Å². The van der Waals surface area contributed by atoms with E-state index in [-0.39, 0.29) is 23.1 Å². The first-order chi connectivity index (χ1) is 11.9. The first-order valence-corrected chi connectivity index (χ1v) is 8.24. The highest BCUT2D eigenvalue weighted by atomic mass is 35.5. The number of thiocarbonyl (C=S) groups is 1. The fraction of sp³-hybridized carbons (Fsp3) is 0.176. The Morgan fingerprint density at radius 3 is 2.68 bits per heavy atom. The van der Waals surface area contributed by atoms with Crippen molar-refractivity contribution in [3.63, 3.8) is 0 Å². The molecular weight excluding hydrogens is 362 g/mol. The normalized spacial score (nSPS) is 10.2. The number of halogens is 1. The summed E-state index contributed by atoms with van der Waals surface area (Å²) in [4.78, 5) is 22.3. The van der Waals surface area contributed by atoms with Crippen molar-refractivity contribution in [3.8, 4) is 0 Å². The van der Waals surface area contributed by atoms with E-state index in [0.29, 0.717) is 17.1 Å². The molecule has 130 valence electrons. The number of rotatable bonds is 5. The van der Waals surface area contributed by atoms with Crippen molar-refractivity contribution in [3.05, 3.63) is 68.7 Å². The van der Waals surface area contributed by atoms with Gasteiger partial charge in [-0.1, -0.05) is 35.9 Å². The molecule has 0 heterocycles. The summed E-state index contributed by atoms with van der Waals surface area (Å²) in [5.74, 6) is -0.263. The van der Waals surface area contributed by atoms with E-state index in [2.05, 4.69) is 10.6 Å². The molecule has 0 aliphatic heterocycles. The van der Waals surface area contributed by atoms with E-state index in [9.17, 15) is 14.9 Å². The summed E-state index contributed by atoms with van der Waals surface area (Å²) < 4.78 is 0. The highest BCUT2D eigenvalue weighted by molar-refractivity contribution is 7.80. The first-order valence-electron chi connectivity index (χ1n) is 7.46. The lowest BCUT2D eigenvalue weighted by atomic mass is 10.1. The molecule has 0 bridgehead atoms. The van der Waals surface area contributed by atoms with Crippen LogP contribution in [0.3, 0.4) is 0 Å². The highest BCUT2D eigenvalue weighted by Gasteiger charge is 2.11. The van der Waals surface area contributed by atoms with Crippen LogP contribution in [0, 0.1) is 17.0 Å². The van der Waals surface area contributed by atoms with Crippen LogP contribution in [-0.4, -0.2) is 15.9 Å². The molecule has 0 atom stereocenters. The molecule has 0 saturated heterocycles. The summed E-state index contributed by atoms with van der Waals surface area (Å²) in [6.45, 7) is 1.79. The third kappa shape index (κ3) is 5.51. The van der Waals surface area contributed by atoms with Crippen molar-refractivity contribution in [2.45, 2.75) is 19.8 Å². The van der Waals surface area contributed by atoms with Crippen molar-refractivity contribution in [2.24, 2.45) is 0 Å². The molecule has 0 aromatic heterocycles. The number of carbonyl (C=O) groups is 1. The molecule has 0 aliphatic rings. The van der Waals surface area contributed by atoms with Gasteiger partial charge in [0.2, 0.25) is 5.91 Å². The number of carbonyl (C=O) groups excluding carboxylic acids is 1. The van der Waals surface area contributed by atoms with Crippen LogP contribution in [-0.2, 0) is 11.2 Å². The Balaban J connectivity index is 1.92. The molecule has 0 spiro atoms. The zero-order valence-electron chi connectivity index (χ0n) is 13.4. The van der Waals surface area contributed by atoms with E-state index in [1.54, 1.807) is 19.1 Å². The van der Waals surface area contributed by atoms with Gasteiger partial charge in [0.25, 0.3) is 5.69 Å². The Bertz CT molecular complexity index is 827. The van der Waals surface area contributed by atoms with Crippen LogP contribution in [0.2, 0.25) is 5.02 Å². The summed E-state index contributed by atoms with van der Waals surface area (Å²) in [6.07, 6.45) is 0.712. The third-order valence-electron chi connectivity index (χ3n) is 3.51. The van der Waals surface area contributed by atoms with Crippen molar-refractivity contribution < 1.29 is 9.72 Å². The number of aryl methyl sites for hydroxylation is 2. The number of benzene rings is 2. The number of non-ortho nitro benzene ring substituents is 1. The fourth-order valence-electron chi connectivity index (χ4n) is 2.15. The van der Waals surface area contributed by atoms with Gasteiger partial charge >= 0.3 is 0 Å². The zero-order valence-corrected chi connectivity index (χ0v) is 15.0. The Kier molecular flexibility index (Phi) is 6.44. The SMILES string of the molecule is Cc1ccc([N+](=O)[O-])cc1NC(=S)NC(=O)CCc1ccccc1Cl. The van der Waals surface area contributed by atoms with Crippen LogP contribution >= 0.6 is 23.8 Å². The predicted octanol–water partition coefficient (Wildman–Crippen LogP) is 4.00. The van der Waals surface area contributed by atoms with Crippen molar-refractivity contribution >= 4 is 46.2 Å². The van der Waals surface area contributed by atoms with E-state index in [1.165, 1.54) is 12.1 Å². The zero-order chi connectivity index (χ0) is 18.4. The molecule has 6 nitrogen and oxygen atoms in total. The average Bonchev–Trinajstić information content (AvgIpc) is 2.55. The standard InChI is InChI=1S/C17H16ClN3O3S/c1-11-6-8-13(21(23)24)10-15(11)19-17(25)20-16(22)9-7-12-4-2-3-5-14(12)18/h2-6,8,10H,7,9H2,1H3,(H2,19,20,22,25). The number of hydrogen-bond donors (Lipinski definition) is 2. The van der Waals surface area contributed by atoms with Crippen LogP contribution in [0.25, 0.3) is 0 Å². The number of hydrogen-bond acceptors (Lipinski definition) is 4. The number of amides is 1. The van der Waals surface area contributed by atoms with E-state index in [4.69, 9.17) is 23.8 Å². The van der Waals surface area contributed by atoms with E-state index in [0.717, 1.165) is 11.1 Å². The smallest absolute Gasteiger partial charge is 0.271 e. The van der Waals surface area contributed by atoms with Gasteiger partial charge in [0.15, 0.2) is 5.11 Å². The highest BCUT2D eigenvalue weighted by Crippen LogP contribution is 2.21. The minimum atomic E-state index is -0.490. The van der Waals surface area contributed by atoms with Gasteiger partial charge in [0.1, 0.15) is 0 Å². The van der Waals surface area contributed by atoms with Gasteiger partial charge in [0.05, 0.1) is 4.92 Å². The molecule has 2 rings (SSSR count).